The highest BCUT2D eigenvalue weighted by molar-refractivity contribution is 9.09. The molecule has 0 bridgehead atoms. The molecule has 2 rings (SSSR count). The molecule has 5 heteroatoms. The van der Waals surface area contributed by atoms with E-state index in [2.05, 4.69) is 20.9 Å². The van der Waals surface area contributed by atoms with Crippen LogP contribution in [-0.4, -0.2) is 23.1 Å². The van der Waals surface area contributed by atoms with Crippen molar-refractivity contribution in [2.75, 3.05) is 7.11 Å². The molecule has 0 aliphatic heterocycles. The quantitative estimate of drug-likeness (QED) is 0.698. The number of rotatable bonds is 3. The molecular formula is C12H11BrFNO2. The van der Waals surface area contributed by atoms with Crippen molar-refractivity contribution in [3.8, 4) is 0 Å². The maximum Gasteiger partial charge on any atom is 0.340 e. The summed E-state index contributed by atoms with van der Waals surface area (Å²) in [5.74, 6) is -0.423. The summed E-state index contributed by atoms with van der Waals surface area (Å²) < 4.78 is 17.7. The minimum Gasteiger partial charge on any atom is -0.465 e. The molecule has 1 N–H and O–H groups in total. The first-order valence-corrected chi connectivity index (χ1v) is 6.00. The molecule has 0 saturated carbocycles. The van der Waals surface area contributed by atoms with Gasteiger partial charge in [-0.05, 0) is 11.6 Å². The van der Waals surface area contributed by atoms with E-state index in [1.54, 1.807) is 12.3 Å². The van der Waals surface area contributed by atoms with E-state index in [1.807, 2.05) is 12.1 Å². The van der Waals surface area contributed by atoms with E-state index in [0.717, 1.165) is 16.5 Å². The highest BCUT2D eigenvalue weighted by atomic mass is 79.9. The zero-order valence-electron chi connectivity index (χ0n) is 9.17. The van der Waals surface area contributed by atoms with Gasteiger partial charge in [-0.1, -0.05) is 28.1 Å². The van der Waals surface area contributed by atoms with Crippen LogP contribution in [0.15, 0.2) is 24.4 Å². The van der Waals surface area contributed by atoms with Crippen LogP contribution in [0.1, 0.15) is 15.9 Å². The summed E-state index contributed by atoms with van der Waals surface area (Å²) in [7, 11) is 1.33. The third-order valence-electron chi connectivity index (χ3n) is 2.57. The van der Waals surface area contributed by atoms with Crippen molar-refractivity contribution in [3.63, 3.8) is 0 Å². The fourth-order valence-electron chi connectivity index (χ4n) is 1.87. The average molecular weight is 300 g/mol. The number of carbonyl (C=O) groups is 1. The highest BCUT2D eigenvalue weighted by Gasteiger charge is 2.16. The minimum absolute atomic E-state index is 0.208. The lowest BCUT2D eigenvalue weighted by Gasteiger charge is -2.05. The van der Waals surface area contributed by atoms with Crippen LogP contribution < -0.4 is 0 Å². The van der Waals surface area contributed by atoms with E-state index in [-0.39, 0.29) is 6.42 Å². The number of aromatic nitrogens is 1. The summed E-state index contributed by atoms with van der Waals surface area (Å²) >= 11 is 2.87. The Labute approximate surface area is 106 Å². The molecule has 0 saturated heterocycles. The number of hydrogen-bond acceptors (Lipinski definition) is 2. The maximum atomic E-state index is 13.0. The highest BCUT2D eigenvalue weighted by Crippen LogP contribution is 2.25. The Morgan fingerprint density at radius 3 is 3.00 bits per heavy atom. The number of esters is 1. The van der Waals surface area contributed by atoms with Gasteiger partial charge in [0.2, 0.25) is 0 Å². The average Bonchev–Trinajstić information content (AvgIpc) is 2.72. The second-order valence-electron chi connectivity index (χ2n) is 3.63. The minimum atomic E-state index is -1.13. The lowest BCUT2D eigenvalue weighted by molar-refractivity contribution is 0.0603. The van der Waals surface area contributed by atoms with Crippen molar-refractivity contribution < 1.29 is 13.9 Å². The van der Waals surface area contributed by atoms with Crippen LogP contribution in [-0.2, 0) is 11.2 Å². The second kappa shape index (κ2) is 4.87. The number of fused-ring (bicyclic) bond motifs is 1. The van der Waals surface area contributed by atoms with E-state index < -0.39 is 11.1 Å². The van der Waals surface area contributed by atoms with E-state index >= 15 is 0 Å². The van der Waals surface area contributed by atoms with Gasteiger partial charge in [0.25, 0.3) is 0 Å². The summed E-state index contributed by atoms with van der Waals surface area (Å²) in [6, 6.07) is 5.47. The molecule has 90 valence electrons. The number of ether oxygens (including phenoxy) is 1. The van der Waals surface area contributed by atoms with Gasteiger partial charge in [0.1, 0.15) is 0 Å². The number of H-pyrrole nitrogens is 1. The van der Waals surface area contributed by atoms with E-state index in [4.69, 9.17) is 4.74 Å². The van der Waals surface area contributed by atoms with Gasteiger partial charge in [-0.2, -0.15) is 0 Å². The molecular weight excluding hydrogens is 289 g/mol. The molecule has 0 amide bonds. The fourth-order valence-corrected chi connectivity index (χ4v) is 2.22. The molecule has 1 unspecified atom stereocenters. The van der Waals surface area contributed by atoms with Crippen LogP contribution in [0.5, 0.6) is 0 Å². The van der Waals surface area contributed by atoms with Gasteiger partial charge in [0, 0.05) is 23.5 Å². The van der Waals surface area contributed by atoms with Crippen LogP contribution in [0.4, 0.5) is 4.39 Å². The van der Waals surface area contributed by atoms with Gasteiger partial charge in [-0.3, -0.25) is 0 Å². The van der Waals surface area contributed by atoms with Crippen LogP contribution in [0, 0.1) is 0 Å². The molecule has 1 heterocycles. The smallest absolute Gasteiger partial charge is 0.340 e. The first kappa shape index (κ1) is 12.1. The predicted octanol–water partition coefficient (Wildman–Crippen LogP) is 3.19. The van der Waals surface area contributed by atoms with E-state index in [1.165, 1.54) is 7.11 Å². The number of halogens is 2. The monoisotopic (exact) mass is 299 g/mol. The van der Waals surface area contributed by atoms with Crippen molar-refractivity contribution in [3.05, 3.63) is 35.5 Å². The molecule has 1 atom stereocenters. The molecule has 1 aromatic carbocycles. The zero-order valence-corrected chi connectivity index (χ0v) is 10.8. The Morgan fingerprint density at radius 2 is 2.35 bits per heavy atom. The Hall–Kier alpha value is -1.36. The lowest BCUT2D eigenvalue weighted by Crippen LogP contribution is -2.02. The number of benzene rings is 1. The van der Waals surface area contributed by atoms with Crippen molar-refractivity contribution in [2.24, 2.45) is 0 Å². The number of nitrogens with one attached hydrogen (secondary N) is 1. The standard InChI is InChI=1S/C12H11BrFNO2/c1-17-12(16)8-6-15-9-4-2-3-7(11(8)9)5-10(13)14/h2-4,6,10,15H,5H2,1H3. The summed E-state index contributed by atoms with van der Waals surface area (Å²) in [6.45, 7) is 0. The van der Waals surface area contributed by atoms with Gasteiger partial charge >= 0.3 is 5.97 Å². The summed E-state index contributed by atoms with van der Waals surface area (Å²) in [6.07, 6.45) is 1.79. The molecule has 1 aromatic heterocycles. The number of aromatic amines is 1. The lowest BCUT2D eigenvalue weighted by atomic mass is 10.0. The topological polar surface area (TPSA) is 42.1 Å². The third kappa shape index (κ3) is 2.34. The van der Waals surface area contributed by atoms with Gasteiger partial charge in [0.15, 0.2) is 5.08 Å². The van der Waals surface area contributed by atoms with Crippen molar-refractivity contribution in [1.29, 1.82) is 0 Å². The Kier molecular flexibility index (Phi) is 3.47. The largest absolute Gasteiger partial charge is 0.465 e. The second-order valence-corrected chi connectivity index (χ2v) is 4.62. The van der Waals surface area contributed by atoms with E-state index in [9.17, 15) is 9.18 Å². The maximum absolute atomic E-state index is 13.0. The number of carbonyl (C=O) groups excluding carboxylic acids is 1. The van der Waals surface area contributed by atoms with Crippen LogP contribution in [0.2, 0.25) is 0 Å². The van der Waals surface area contributed by atoms with Crippen LogP contribution in [0.25, 0.3) is 10.9 Å². The van der Waals surface area contributed by atoms with Crippen molar-refractivity contribution in [1.82, 2.24) is 4.98 Å². The Morgan fingerprint density at radius 1 is 1.59 bits per heavy atom. The molecule has 0 radical (unpaired) electrons. The molecule has 0 spiro atoms. The zero-order chi connectivity index (χ0) is 12.4. The SMILES string of the molecule is COC(=O)c1c[nH]c2cccc(CC(F)Br)c12. The van der Waals surface area contributed by atoms with Gasteiger partial charge in [-0.15, -0.1) is 0 Å². The first-order valence-electron chi connectivity index (χ1n) is 5.09. The predicted molar refractivity (Wildman–Crippen MR) is 67.2 cm³/mol. The van der Waals surface area contributed by atoms with E-state index in [0.29, 0.717) is 5.56 Å². The number of hydrogen-bond donors (Lipinski definition) is 1. The molecule has 2 aromatic rings. The molecule has 0 aliphatic carbocycles. The summed E-state index contributed by atoms with van der Waals surface area (Å²) in [5.41, 5.74) is 2.01. The van der Waals surface area contributed by atoms with Crippen LogP contribution >= 0.6 is 15.9 Å². The van der Waals surface area contributed by atoms with Crippen LogP contribution in [0.3, 0.4) is 0 Å². The molecule has 0 fully saturated rings. The summed E-state index contributed by atoms with van der Waals surface area (Å²) in [5, 5.41) is -0.407. The van der Waals surface area contributed by atoms with Crippen molar-refractivity contribution in [2.45, 2.75) is 11.5 Å². The normalized spacial score (nSPS) is 12.6. The number of alkyl halides is 2. The van der Waals surface area contributed by atoms with Crippen molar-refractivity contribution >= 4 is 32.8 Å². The van der Waals surface area contributed by atoms with Gasteiger partial charge in [-0.25, -0.2) is 9.18 Å². The molecule has 3 nitrogen and oxygen atoms in total. The Bertz CT molecular complexity index is 550. The molecule has 17 heavy (non-hydrogen) atoms. The third-order valence-corrected chi connectivity index (χ3v) is 2.90. The Balaban J connectivity index is 2.59. The van der Waals surface area contributed by atoms with Gasteiger partial charge in [0.05, 0.1) is 12.7 Å². The van der Waals surface area contributed by atoms with Gasteiger partial charge < -0.3 is 9.72 Å². The first-order chi connectivity index (χ1) is 8.13. The number of methoxy groups -OCH3 is 1. The fraction of sp³-hybridized carbons (Fsp3) is 0.250. The summed E-state index contributed by atoms with van der Waals surface area (Å²) in [4.78, 5) is 14.6. The molecule has 0 aliphatic rings.